The normalized spacial score (nSPS) is 14.4. The van der Waals surface area contributed by atoms with Gasteiger partial charge in [0.1, 0.15) is 12.2 Å². The van der Waals surface area contributed by atoms with E-state index in [-0.39, 0.29) is 12.1 Å². The van der Waals surface area contributed by atoms with Crippen LogP contribution in [0, 0.1) is 11.3 Å². The molecule has 12 heteroatoms. The lowest BCUT2D eigenvalue weighted by Crippen LogP contribution is -2.42. The van der Waals surface area contributed by atoms with Crippen molar-refractivity contribution in [2.75, 3.05) is 11.9 Å². The topological polar surface area (TPSA) is 157 Å². The predicted molar refractivity (Wildman–Crippen MR) is 129 cm³/mol. The summed E-state index contributed by atoms with van der Waals surface area (Å²) in [6, 6.07) is 7.23. The summed E-state index contributed by atoms with van der Waals surface area (Å²) >= 11 is 0. The van der Waals surface area contributed by atoms with Gasteiger partial charge in [0, 0.05) is 41.5 Å². The Morgan fingerprint density at radius 2 is 2.11 bits per heavy atom. The first-order valence-corrected chi connectivity index (χ1v) is 11.4. The van der Waals surface area contributed by atoms with Crippen molar-refractivity contribution < 1.29 is 14.3 Å². The fourth-order valence-corrected chi connectivity index (χ4v) is 3.66. The first-order valence-electron chi connectivity index (χ1n) is 11.4. The fourth-order valence-electron chi connectivity index (χ4n) is 3.66. The number of alkyl halides is 1. The van der Waals surface area contributed by atoms with E-state index in [1.54, 1.807) is 18.3 Å². The van der Waals surface area contributed by atoms with E-state index in [1.165, 1.54) is 30.9 Å². The Labute approximate surface area is 205 Å². The van der Waals surface area contributed by atoms with E-state index in [4.69, 9.17) is 5.26 Å². The maximum Gasteiger partial charge on any atom is 0.255 e. The van der Waals surface area contributed by atoms with Crippen LogP contribution in [0.5, 0.6) is 0 Å². The highest BCUT2D eigenvalue weighted by atomic mass is 19.1. The number of rotatable bonds is 8. The minimum Gasteiger partial charge on any atom is -0.387 e. The van der Waals surface area contributed by atoms with Crippen molar-refractivity contribution in [2.45, 2.75) is 44.4 Å². The summed E-state index contributed by atoms with van der Waals surface area (Å²) in [6.45, 7) is 2.31. The van der Waals surface area contributed by atoms with E-state index in [0.29, 0.717) is 39.8 Å². The van der Waals surface area contributed by atoms with Crippen LogP contribution in [-0.4, -0.2) is 59.3 Å². The molecule has 4 heterocycles. The molecule has 1 amide bonds. The molecule has 0 saturated heterocycles. The molecule has 4 N–H and O–H groups in total. The van der Waals surface area contributed by atoms with Crippen molar-refractivity contribution in [3.05, 3.63) is 53.6 Å². The standard InChI is InChI=1S/C24H24FN9O2/c1-24(2,36)19(25)12-29-23(35)16-11-27-21(34-22-15(10-30-34)5-13(8-26)9-28-22)7-18(16)31-20-6-17(32-33-20)14-3-4-14/h5-7,9-11,14,19,36H,3-4,12H2,1-2H3,(H,29,35)(H2,27,31,32,33)/t19-/m1/s1. The highest BCUT2D eigenvalue weighted by Gasteiger charge is 2.28. The van der Waals surface area contributed by atoms with E-state index < -0.39 is 17.7 Å². The van der Waals surface area contributed by atoms with Crippen molar-refractivity contribution in [1.29, 1.82) is 5.26 Å². The van der Waals surface area contributed by atoms with Crippen molar-refractivity contribution >= 4 is 28.4 Å². The van der Waals surface area contributed by atoms with Gasteiger partial charge in [-0.2, -0.15) is 20.1 Å². The lowest BCUT2D eigenvalue weighted by molar-refractivity contribution is -0.00177. The Morgan fingerprint density at radius 1 is 1.31 bits per heavy atom. The van der Waals surface area contributed by atoms with Gasteiger partial charge in [0.15, 0.2) is 17.3 Å². The van der Waals surface area contributed by atoms with Crippen LogP contribution in [0.1, 0.15) is 54.2 Å². The second-order valence-electron chi connectivity index (χ2n) is 9.33. The minimum absolute atomic E-state index is 0.161. The molecule has 1 aliphatic rings. The number of carbonyl (C=O) groups is 1. The molecule has 4 aromatic heterocycles. The Hall–Kier alpha value is -4.37. The van der Waals surface area contributed by atoms with Crippen LogP contribution in [0.15, 0.2) is 36.8 Å². The summed E-state index contributed by atoms with van der Waals surface area (Å²) in [5, 5.41) is 36.9. The number of aliphatic hydroxyl groups is 1. The highest BCUT2D eigenvalue weighted by molar-refractivity contribution is 6.00. The van der Waals surface area contributed by atoms with E-state index >= 15 is 0 Å². The van der Waals surface area contributed by atoms with Crippen molar-refractivity contribution in [1.82, 2.24) is 35.3 Å². The van der Waals surface area contributed by atoms with Gasteiger partial charge in [-0.15, -0.1) is 0 Å². The third-order valence-corrected chi connectivity index (χ3v) is 5.97. The highest BCUT2D eigenvalue weighted by Crippen LogP contribution is 2.39. The number of nitrogens with zero attached hydrogens (tertiary/aromatic N) is 6. The van der Waals surface area contributed by atoms with E-state index in [1.807, 2.05) is 12.1 Å². The third kappa shape index (κ3) is 4.73. The molecule has 0 spiro atoms. The number of hydrogen-bond donors (Lipinski definition) is 4. The van der Waals surface area contributed by atoms with Gasteiger partial charge < -0.3 is 15.7 Å². The van der Waals surface area contributed by atoms with Gasteiger partial charge in [-0.3, -0.25) is 9.89 Å². The second kappa shape index (κ2) is 9.01. The molecule has 0 aliphatic heterocycles. The molecule has 36 heavy (non-hydrogen) atoms. The molecule has 5 rings (SSSR count). The summed E-state index contributed by atoms with van der Waals surface area (Å²) in [7, 11) is 0. The third-order valence-electron chi connectivity index (χ3n) is 5.97. The molecule has 0 unspecified atom stereocenters. The number of pyridine rings is 2. The number of H-pyrrole nitrogens is 1. The minimum atomic E-state index is -1.66. The molecular weight excluding hydrogens is 465 g/mol. The van der Waals surface area contributed by atoms with Gasteiger partial charge in [-0.05, 0) is 32.8 Å². The van der Waals surface area contributed by atoms with Crippen LogP contribution in [0.4, 0.5) is 15.9 Å². The van der Waals surface area contributed by atoms with Crippen LogP contribution < -0.4 is 10.6 Å². The summed E-state index contributed by atoms with van der Waals surface area (Å²) in [6.07, 6.45) is 4.93. The Kier molecular flexibility index (Phi) is 5.85. The van der Waals surface area contributed by atoms with Gasteiger partial charge in [0.25, 0.3) is 5.91 Å². The summed E-state index contributed by atoms with van der Waals surface area (Å²) in [4.78, 5) is 21.7. The summed E-state index contributed by atoms with van der Waals surface area (Å²) in [5.74, 6) is 0.791. The zero-order valence-electron chi connectivity index (χ0n) is 19.7. The maximum atomic E-state index is 14.2. The number of hydrogen-bond acceptors (Lipinski definition) is 8. The molecule has 1 fully saturated rings. The van der Waals surface area contributed by atoms with Crippen molar-refractivity contribution in [3.63, 3.8) is 0 Å². The van der Waals surface area contributed by atoms with Gasteiger partial charge in [0.05, 0.1) is 35.2 Å². The molecule has 1 aliphatic carbocycles. The smallest absolute Gasteiger partial charge is 0.255 e. The second-order valence-corrected chi connectivity index (χ2v) is 9.33. The van der Waals surface area contributed by atoms with Gasteiger partial charge in [0.2, 0.25) is 0 Å². The molecule has 11 nitrogen and oxygen atoms in total. The first kappa shape index (κ1) is 23.4. The predicted octanol–water partition coefficient (Wildman–Crippen LogP) is 2.87. The van der Waals surface area contributed by atoms with Crippen LogP contribution in [0.3, 0.4) is 0 Å². The molecule has 1 saturated carbocycles. The summed E-state index contributed by atoms with van der Waals surface area (Å²) < 4.78 is 15.7. The number of aromatic amines is 1. The number of nitrogens with one attached hydrogen (secondary N) is 3. The zero-order valence-corrected chi connectivity index (χ0v) is 19.7. The fraction of sp³-hybridized carbons (Fsp3) is 0.333. The average Bonchev–Trinajstić information content (AvgIpc) is 3.46. The molecule has 0 aromatic carbocycles. The number of carbonyl (C=O) groups excluding carboxylic acids is 1. The quantitative estimate of drug-likeness (QED) is 0.294. The van der Waals surface area contributed by atoms with Crippen LogP contribution in [0.2, 0.25) is 0 Å². The van der Waals surface area contributed by atoms with Crippen LogP contribution >= 0.6 is 0 Å². The van der Waals surface area contributed by atoms with Crippen LogP contribution in [-0.2, 0) is 0 Å². The molecular formula is C24H24FN9O2. The molecule has 184 valence electrons. The number of amides is 1. The van der Waals surface area contributed by atoms with Gasteiger partial charge in [-0.1, -0.05) is 0 Å². The summed E-state index contributed by atoms with van der Waals surface area (Å²) in [5.41, 5.74) is 0.858. The van der Waals surface area contributed by atoms with Crippen molar-refractivity contribution in [3.8, 4) is 11.9 Å². The number of halogens is 1. The molecule has 1 atom stereocenters. The monoisotopic (exact) mass is 489 g/mol. The lowest BCUT2D eigenvalue weighted by atomic mass is 10.0. The zero-order chi connectivity index (χ0) is 25.4. The molecule has 0 radical (unpaired) electrons. The Morgan fingerprint density at radius 3 is 2.83 bits per heavy atom. The van der Waals surface area contributed by atoms with E-state index in [9.17, 15) is 14.3 Å². The number of nitriles is 1. The van der Waals surface area contributed by atoms with Crippen LogP contribution in [0.25, 0.3) is 16.9 Å². The maximum absolute atomic E-state index is 14.2. The Balaban J connectivity index is 1.48. The lowest BCUT2D eigenvalue weighted by Gasteiger charge is -2.22. The average molecular weight is 490 g/mol. The number of fused-ring (bicyclic) bond motifs is 1. The number of aromatic nitrogens is 6. The SMILES string of the molecule is CC(C)(O)[C@H](F)CNC(=O)c1cnc(-n2ncc3cc(C#N)cnc32)cc1Nc1cc(C2CC2)[nH]n1. The van der Waals surface area contributed by atoms with Crippen molar-refractivity contribution in [2.24, 2.45) is 0 Å². The van der Waals surface area contributed by atoms with Gasteiger partial charge in [-0.25, -0.2) is 14.4 Å². The largest absolute Gasteiger partial charge is 0.387 e. The van der Waals surface area contributed by atoms with E-state index in [0.717, 1.165) is 18.5 Å². The number of anilines is 2. The molecule has 0 bridgehead atoms. The van der Waals surface area contributed by atoms with E-state index in [2.05, 4.69) is 35.9 Å². The Bertz CT molecular complexity index is 1480. The molecule has 4 aromatic rings. The van der Waals surface area contributed by atoms with Gasteiger partial charge >= 0.3 is 0 Å². The first-order chi connectivity index (χ1) is 17.2.